The van der Waals surface area contributed by atoms with Crippen molar-refractivity contribution in [1.82, 2.24) is 4.90 Å². The second-order valence-electron chi connectivity index (χ2n) is 3.94. The van der Waals surface area contributed by atoms with E-state index < -0.39 is 0 Å². The maximum atomic E-state index is 9.30. The Balaban J connectivity index is 2.32. The van der Waals surface area contributed by atoms with E-state index in [4.69, 9.17) is 11.6 Å². The van der Waals surface area contributed by atoms with Crippen LogP contribution < -0.4 is 0 Å². The average molecular weight is 300 g/mol. The van der Waals surface area contributed by atoms with Gasteiger partial charge < -0.3 is 0 Å². The van der Waals surface area contributed by atoms with Crippen LogP contribution in [0.5, 0.6) is 0 Å². The maximum absolute atomic E-state index is 9.30. The van der Waals surface area contributed by atoms with Crippen molar-refractivity contribution in [3.8, 4) is 6.07 Å². The molecule has 0 spiro atoms. The molecule has 16 heavy (non-hydrogen) atoms. The number of nitrogens with zero attached hydrogens (tertiary/aromatic N) is 2. The van der Waals surface area contributed by atoms with E-state index >= 15 is 0 Å². The van der Waals surface area contributed by atoms with Crippen molar-refractivity contribution < 1.29 is 0 Å². The first kappa shape index (κ1) is 11.9. The molecular formula is C12H12BrClN2. The fraction of sp³-hybridized carbons (Fsp3) is 0.417. The molecule has 1 aromatic rings. The Kier molecular flexibility index (Phi) is 3.86. The largest absolute Gasteiger partial charge is 0.284 e. The highest BCUT2D eigenvalue weighted by atomic mass is 79.9. The lowest BCUT2D eigenvalue weighted by atomic mass is 10.1. The van der Waals surface area contributed by atoms with Crippen molar-refractivity contribution in [3.05, 3.63) is 33.3 Å². The van der Waals surface area contributed by atoms with Crippen molar-refractivity contribution in [3.63, 3.8) is 0 Å². The number of halogens is 2. The van der Waals surface area contributed by atoms with Crippen LogP contribution in [0.2, 0.25) is 5.02 Å². The van der Waals surface area contributed by atoms with Crippen molar-refractivity contribution in [1.29, 1.82) is 5.26 Å². The van der Waals surface area contributed by atoms with Crippen LogP contribution in [0.4, 0.5) is 0 Å². The Morgan fingerprint density at radius 3 is 2.69 bits per heavy atom. The number of rotatable bonds is 2. The van der Waals surface area contributed by atoms with Crippen LogP contribution in [0.1, 0.15) is 24.4 Å². The molecule has 84 valence electrons. The molecule has 1 aliphatic rings. The predicted octanol–water partition coefficient (Wildman–Crippen LogP) is 3.76. The monoisotopic (exact) mass is 298 g/mol. The van der Waals surface area contributed by atoms with Crippen molar-refractivity contribution in [2.45, 2.75) is 18.9 Å². The first-order chi connectivity index (χ1) is 7.72. The van der Waals surface area contributed by atoms with Gasteiger partial charge in [-0.1, -0.05) is 27.5 Å². The van der Waals surface area contributed by atoms with Crippen molar-refractivity contribution >= 4 is 27.5 Å². The number of hydrogen-bond acceptors (Lipinski definition) is 2. The van der Waals surface area contributed by atoms with Gasteiger partial charge in [-0.3, -0.25) is 4.90 Å². The van der Waals surface area contributed by atoms with E-state index in [-0.39, 0.29) is 6.04 Å². The Hall–Kier alpha value is -0.560. The Bertz CT molecular complexity index is 422. The van der Waals surface area contributed by atoms with Crippen LogP contribution in [-0.2, 0) is 0 Å². The summed E-state index contributed by atoms with van der Waals surface area (Å²) in [6, 6.07) is 7.78. The van der Waals surface area contributed by atoms with Crippen LogP contribution in [0.15, 0.2) is 22.7 Å². The van der Waals surface area contributed by atoms with Gasteiger partial charge in [0.25, 0.3) is 0 Å². The summed E-state index contributed by atoms with van der Waals surface area (Å²) in [6.45, 7) is 1.99. The van der Waals surface area contributed by atoms with Crippen LogP contribution in [0.25, 0.3) is 0 Å². The molecule has 1 atom stereocenters. The summed E-state index contributed by atoms with van der Waals surface area (Å²) in [5, 5.41) is 9.98. The predicted molar refractivity (Wildman–Crippen MR) is 68.3 cm³/mol. The molecule has 0 aliphatic carbocycles. The molecule has 2 rings (SSSR count). The Morgan fingerprint density at radius 1 is 1.38 bits per heavy atom. The van der Waals surface area contributed by atoms with Crippen LogP contribution in [-0.4, -0.2) is 18.0 Å². The third-order valence-corrected chi connectivity index (χ3v) is 3.84. The number of nitriles is 1. The minimum absolute atomic E-state index is 0.185. The number of benzene rings is 1. The standard InChI is InChI=1S/C12H12BrClN2/c13-11-4-3-9(14)7-10(11)12(8-15)16-5-1-2-6-16/h3-4,7,12H,1-2,5-6H2. The van der Waals surface area contributed by atoms with E-state index in [1.165, 1.54) is 12.8 Å². The molecule has 0 amide bonds. The third-order valence-electron chi connectivity index (χ3n) is 2.88. The molecule has 1 unspecified atom stereocenters. The van der Waals surface area contributed by atoms with Gasteiger partial charge in [0.05, 0.1) is 6.07 Å². The normalized spacial score (nSPS) is 18.3. The zero-order valence-corrected chi connectivity index (χ0v) is 11.1. The van der Waals surface area contributed by atoms with Gasteiger partial charge in [-0.2, -0.15) is 5.26 Å². The van der Waals surface area contributed by atoms with Crippen molar-refractivity contribution in [2.75, 3.05) is 13.1 Å². The number of hydrogen-bond donors (Lipinski definition) is 0. The van der Waals surface area contributed by atoms with Gasteiger partial charge in [0.15, 0.2) is 0 Å². The zero-order valence-electron chi connectivity index (χ0n) is 8.79. The fourth-order valence-corrected chi connectivity index (χ4v) is 2.72. The van der Waals surface area contributed by atoms with E-state index in [1.807, 2.05) is 18.2 Å². The Labute approximate surface area is 109 Å². The average Bonchev–Trinajstić information content (AvgIpc) is 2.78. The smallest absolute Gasteiger partial charge is 0.125 e. The molecule has 0 N–H and O–H groups in total. The van der Waals surface area contributed by atoms with Crippen LogP contribution in [0.3, 0.4) is 0 Å². The minimum Gasteiger partial charge on any atom is -0.284 e. The SMILES string of the molecule is N#CC(c1cc(Cl)ccc1Br)N1CCCC1. The summed E-state index contributed by atoms with van der Waals surface area (Å²) in [4.78, 5) is 2.20. The summed E-state index contributed by atoms with van der Waals surface area (Å²) in [5.41, 5.74) is 0.969. The maximum Gasteiger partial charge on any atom is 0.125 e. The molecule has 0 bridgehead atoms. The van der Waals surface area contributed by atoms with Gasteiger partial charge in [-0.05, 0) is 49.7 Å². The first-order valence-corrected chi connectivity index (χ1v) is 6.48. The molecule has 0 saturated carbocycles. The van der Waals surface area contributed by atoms with Gasteiger partial charge >= 0.3 is 0 Å². The Morgan fingerprint density at radius 2 is 2.06 bits per heavy atom. The lowest BCUT2D eigenvalue weighted by Gasteiger charge is -2.22. The van der Waals surface area contributed by atoms with E-state index in [0.29, 0.717) is 5.02 Å². The molecule has 1 fully saturated rings. The van der Waals surface area contributed by atoms with E-state index in [0.717, 1.165) is 23.1 Å². The molecule has 0 radical (unpaired) electrons. The van der Waals surface area contributed by atoms with E-state index in [1.54, 1.807) is 0 Å². The molecule has 1 aromatic carbocycles. The second kappa shape index (κ2) is 5.18. The van der Waals surface area contributed by atoms with Crippen LogP contribution >= 0.6 is 27.5 Å². The lowest BCUT2D eigenvalue weighted by molar-refractivity contribution is 0.293. The first-order valence-electron chi connectivity index (χ1n) is 5.31. The summed E-state index contributed by atoms with van der Waals surface area (Å²) >= 11 is 9.46. The fourth-order valence-electron chi connectivity index (χ4n) is 2.07. The van der Waals surface area contributed by atoms with Crippen molar-refractivity contribution in [2.24, 2.45) is 0 Å². The molecule has 1 heterocycles. The van der Waals surface area contributed by atoms with E-state index in [2.05, 4.69) is 26.9 Å². The highest BCUT2D eigenvalue weighted by Gasteiger charge is 2.24. The van der Waals surface area contributed by atoms with Gasteiger partial charge in [0, 0.05) is 9.50 Å². The summed E-state index contributed by atoms with van der Waals surface area (Å²) < 4.78 is 0.954. The van der Waals surface area contributed by atoms with Gasteiger partial charge in [0.2, 0.25) is 0 Å². The van der Waals surface area contributed by atoms with Crippen LogP contribution in [0, 0.1) is 11.3 Å². The zero-order chi connectivity index (χ0) is 11.5. The lowest BCUT2D eigenvalue weighted by Crippen LogP contribution is -2.24. The van der Waals surface area contributed by atoms with Gasteiger partial charge in [-0.15, -0.1) is 0 Å². The molecule has 1 aliphatic heterocycles. The summed E-state index contributed by atoms with van der Waals surface area (Å²) in [5.74, 6) is 0. The third kappa shape index (κ3) is 2.40. The topological polar surface area (TPSA) is 27.0 Å². The molecule has 2 nitrogen and oxygen atoms in total. The highest BCUT2D eigenvalue weighted by Crippen LogP contribution is 2.31. The number of likely N-dealkylation sites (tertiary alicyclic amines) is 1. The van der Waals surface area contributed by atoms with E-state index in [9.17, 15) is 5.26 Å². The second-order valence-corrected chi connectivity index (χ2v) is 5.23. The summed E-state index contributed by atoms with van der Waals surface area (Å²) in [7, 11) is 0. The summed E-state index contributed by atoms with van der Waals surface area (Å²) in [6.07, 6.45) is 2.35. The molecular weight excluding hydrogens is 288 g/mol. The molecule has 4 heteroatoms. The quantitative estimate of drug-likeness (QED) is 0.831. The van der Waals surface area contributed by atoms with Gasteiger partial charge in [0.1, 0.15) is 6.04 Å². The van der Waals surface area contributed by atoms with Gasteiger partial charge in [-0.25, -0.2) is 0 Å². The molecule has 1 saturated heterocycles. The molecule has 0 aromatic heterocycles. The minimum atomic E-state index is -0.185. The highest BCUT2D eigenvalue weighted by molar-refractivity contribution is 9.10.